The van der Waals surface area contributed by atoms with E-state index in [1.54, 1.807) is 7.11 Å². The molecule has 0 unspecified atom stereocenters. The third-order valence-corrected chi connectivity index (χ3v) is 5.08. The number of amides is 1. The van der Waals surface area contributed by atoms with Gasteiger partial charge in [-0.15, -0.1) is 0 Å². The van der Waals surface area contributed by atoms with Crippen LogP contribution >= 0.6 is 0 Å². The van der Waals surface area contributed by atoms with E-state index in [2.05, 4.69) is 5.10 Å². The quantitative estimate of drug-likeness (QED) is 0.840. The van der Waals surface area contributed by atoms with E-state index in [-0.39, 0.29) is 11.9 Å². The van der Waals surface area contributed by atoms with Gasteiger partial charge in [-0.2, -0.15) is 5.10 Å². The van der Waals surface area contributed by atoms with E-state index in [4.69, 9.17) is 4.74 Å². The average molecular weight is 341 g/mol. The highest BCUT2D eigenvalue weighted by molar-refractivity contribution is 5.79. The van der Waals surface area contributed by atoms with Gasteiger partial charge in [0.25, 0.3) is 0 Å². The number of carbonyl (C=O) groups is 1. The SMILES string of the molecule is COC[C@H]1CCCCN1C(=O)Cc1c(C)nn(-c2ccccc2)c1C. The number of ether oxygens (including phenoxy) is 1. The maximum atomic E-state index is 12.9. The lowest BCUT2D eigenvalue weighted by Crippen LogP contribution is -2.46. The molecule has 1 fully saturated rings. The van der Waals surface area contributed by atoms with Crippen LogP contribution in [0.25, 0.3) is 5.69 Å². The zero-order chi connectivity index (χ0) is 17.8. The predicted molar refractivity (Wildman–Crippen MR) is 98.0 cm³/mol. The van der Waals surface area contributed by atoms with Crippen LogP contribution in [0.4, 0.5) is 0 Å². The van der Waals surface area contributed by atoms with Crippen molar-refractivity contribution in [3.05, 3.63) is 47.3 Å². The van der Waals surface area contributed by atoms with Crippen LogP contribution in [0, 0.1) is 13.8 Å². The molecule has 1 aromatic heterocycles. The van der Waals surface area contributed by atoms with Crippen LogP contribution < -0.4 is 0 Å². The maximum absolute atomic E-state index is 12.9. The normalized spacial score (nSPS) is 17.7. The third-order valence-electron chi connectivity index (χ3n) is 5.08. The Labute approximate surface area is 149 Å². The van der Waals surface area contributed by atoms with Gasteiger partial charge in [0.15, 0.2) is 0 Å². The highest BCUT2D eigenvalue weighted by Gasteiger charge is 2.28. The van der Waals surface area contributed by atoms with Crippen LogP contribution in [0.3, 0.4) is 0 Å². The smallest absolute Gasteiger partial charge is 0.227 e. The van der Waals surface area contributed by atoms with E-state index in [0.717, 1.165) is 42.0 Å². The number of carbonyl (C=O) groups excluding carboxylic acids is 1. The second-order valence-corrected chi connectivity index (χ2v) is 6.77. The summed E-state index contributed by atoms with van der Waals surface area (Å²) >= 11 is 0. The molecule has 134 valence electrons. The van der Waals surface area contributed by atoms with Crippen molar-refractivity contribution in [3.8, 4) is 5.69 Å². The Kier molecular flexibility index (Phi) is 5.53. The summed E-state index contributed by atoms with van der Waals surface area (Å²) in [5.74, 6) is 0.181. The van der Waals surface area contributed by atoms with Gasteiger partial charge in [-0.25, -0.2) is 4.68 Å². The number of rotatable bonds is 5. The monoisotopic (exact) mass is 341 g/mol. The molecule has 2 aromatic rings. The van der Waals surface area contributed by atoms with Crippen molar-refractivity contribution in [2.45, 2.75) is 45.6 Å². The van der Waals surface area contributed by atoms with Gasteiger partial charge in [0, 0.05) is 24.9 Å². The molecular formula is C20H27N3O2. The first kappa shape index (κ1) is 17.7. The van der Waals surface area contributed by atoms with Gasteiger partial charge in [-0.1, -0.05) is 18.2 Å². The number of nitrogens with zero attached hydrogens (tertiary/aromatic N) is 3. The molecule has 1 atom stereocenters. The van der Waals surface area contributed by atoms with Crippen LogP contribution in [0.1, 0.15) is 36.2 Å². The van der Waals surface area contributed by atoms with Crippen LogP contribution in [0.15, 0.2) is 30.3 Å². The summed E-state index contributed by atoms with van der Waals surface area (Å²) in [5, 5.41) is 4.66. The molecule has 3 rings (SSSR count). The fraction of sp³-hybridized carbons (Fsp3) is 0.500. The number of likely N-dealkylation sites (tertiary alicyclic amines) is 1. The Hall–Kier alpha value is -2.14. The van der Waals surface area contributed by atoms with Crippen molar-refractivity contribution < 1.29 is 9.53 Å². The average Bonchev–Trinajstić information content (AvgIpc) is 2.91. The van der Waals surface area contributed by atoms with Crippen LogP contribution in [0.5, 0.6) is 0 Å². The topological polar surface area (TPSA) is 47.4 Å². The van der Waals surface area contributed by atoms with Gasteiger partial charge in [0.1, 0.15) is 0 Å². The molecule has 5 heteroatoms. The summed E-state index contributed by atoms with van der Waals surface area (Å²) in [4.78, 5) is 14.9. The second-order valence-electron chi connectivity index (χ2n) is 6.77. The van der Waals surface area contributed by atoms with Crippen molar-refractivity contribution in [2.75, 3.05) is 20.3 Å². The first-order valence-corrected chi connectivity index (χ1v) is 9.00. The van der Waals surface area contributed by atoms with Gasteiger partial charge < -0.3 is 9.64 Å². The minimum absolute atomic E-state index is 0.181. The van der Waals surface area contributed by atoms with Gasteiger partial charge in [-0.3, -0.25) is 4.79 Å². The first-order valence-electron chi connectivity index (χ1n) is 9.00. The zero-order valence-corrected chi connectivity index (χ0v) is 15.4. The standard InChI is InChI=1S/C20H27N3O2/c1-15-19(16(2)23(21-15)17-9-5-4-6-10-17)13-20(24)22-12-8-7-11-18(22)14-25-3/h4-6,9-10,18H,7-8,11-14H2,1-3H3/t18-/m1/s1. The number of piperidine rings is 1. The Bertz CT molecular complexity index is 722. The highest BCUT2D eigenvalue weighted by atomic mass is 16.5. The van der Waals surface area contributed by atoms with Crippen molar-refractivity contribution in [3.63, 3.8) is 0 Å². The largest absolute Gasteiger partial charge is 0.383 e. The van der Waals surface area contributed by atoms with Crippen molar-refractivity contribution in [2.24, 2.45) is 0 Å². The van der Waals surface area contributed by atoms with Gasteiger partial charge >= 0.3 is 0 Å². The Morgan fingerprint density at radius 3 is 2.72 bits per heavy atom. The second kappa shape index (κ2) is 7.83. The molecule has 1 aromatic carbocycles. The number of benzene rings is 1. The summed E-state index contributed by atoms with van der Waals surface area (Å²) in [6.45, 7) is 5.47. The molecule has 1 aliphatic rings. The van der Waals surface area contributed by atoms with E-state index in [9.17, 15) is 4.79 Å². The zero-order valence-electron chi connectivity index (χ0n) is 15.4. The molecule has 2 heterocycles. The molecule has 1 saturated heterocycles. The summed E-state index contributed by atoms with van der Waals surface area (Å²) in [5.41, 5.74) is 4.03. The summed E-state index contributed by atoms with van der Waals surface area (Å²) < 4.78 is 7.24. The van der Waals surface area contributed by atoms with E-state index in [0.29, 0.717) is 13.0 Å². The minimum Gasteiger partial charge on any atom is -0.383 e. The van der Waals surface area contributed by atoms with Crippen molar-refractivity contribution >= 4 is 5.91 Å². The molecule has 0 saturated carbocycles. The number of methoxy groups -OCH3 is 1. The Morgan fingerprint density at radius 2 is 2.00 bits per heavy atom. The molecule has 1 amide bonds. The van der Waals surface area contributed by atoms with Gasteiger partial charge in [0.2, 0.25) is 5.91 Å². The molecule has 0 radical (unpaired) electrons. The maximum Gasteiger partial charge on any atom is 0.227 e. The lowest BCUT2D eigenvalue weighted by Gasteiger charge is -2.35. The first-order chi connectivity index (χ1) is 12.1. The number of hydrogen-bond acceptors (Lipinski definition) is 3. The summed E-state index contributed by atoms with van der Waals surface area (Å²) in [7, 11) is 1.70. The lowest BCUT2D eigenvalue weighted by atomic mass is 10.0. The van der Waals surface area contributed by atoms with E-state index >= 15 is 0 Å². The molecule has 0 aliphatic carbocycles. The van der Waals surface area contributed by atoms with Crippen LogP contribution in [-0.4, -0.2) is 46.9 Å². The third kappa shape index (κ3) is 3.76. The van der Waals surface area contributed by atoms with Crippen molar-refractivity contribution in [1.82, 2.24) is 14.7 Å². The predicted octanol–water partition coefficient (Wildman–Crippen LogP) is 3.06. The van der Waals surface area contributed by atoms with E-state index in [1.165, 1.54) is 6.42 Å². The van der Waals surface area contributed by atoms with Crippen LogP contribution in [0.2, 0.25) is 0 Å². The summed E-state index contributed by atoms with van der Waals surface area (Å²) in [6.07, 6.45) is 3.68. The van der Waals surface area contributed by atoms with Gasteiger partial charge in [0.05, 0.1) is 30.5 Å². The molecule has 0 spiro atoms. The molecule has 5 nitrogen and oxygen atoms in total. The summed E-state index contributed by atoms with van der Waals surface area (Å²) in [6, 6.07) is 10.3. The van der Waals surface area contributed by atoms with Crippen LogP contribution in [-0.2, 0) is 16.0 Å². The fourth-order valence-corrected chi connectivity index (χ4v) is 3.70. The number of para-hydroxylation sites is 1. The van der Waals surface area contributed by atoms with Gasteiger partial charge in [-0.05, 0) is 45.2 Å². The molecule has 0 bridgehead atoms. The number of aryl methyl sites for hydroxylation is 1. The molecular weight excluding hydrogens is 314 g/mol. The van der Waals surface area contributed by atoms with E-state index in [1.807, 2.05) is 53.8 Å². The molecule has 1 aliphatic heterocycles. The number of hydrogen-bond donors (Lipinski definition) is 0. The molecule has 0 N–H and O–H groups in total. The Morgan fingerprint density at radius 1 is 1.24 bits per heavy atom. The Balaban J connectivity index is 1.80. The molecule has 25 heavy (non-hydrogen) atoms. The lowest BCUT2D eigenvalue weighted by molar-refractivity contribution is -0.135. The van der Waals surface area contributed by atoms with E-state index < -0.39 is 0 Å². The fourth-order valence-electron chi connectivity index (χ4n) is 3.70. The van der Waals surface area contributed by atoms with Crippen molar-refractivity contribution in [1.29, 1.82) is 0 Å². The number of aromatic nitrogens is 2. The highest BCUT2D eigenvalue weighted by Crippen LogP contribution is 2.22. The minimum atomic E-state index is 0.181.